The first kappa shape index (κ1) is 10.8. The first-order chi connectivity index (χ1) is 8.61. The summed E-state index contributed by atoms with van der Waals surface area (Å²) < 4.78 is 7.40. The van der Waals surface area contributed by atoms with Gasteiger partial charge >= 0.3 is 0 Å². The standard InChI is InChI=1S/C12H13N5O/c1-7-14-8(2)17(16-7)6-12-15-10-5-9(13)3-4-11(10)18-12/h3-5H,6,13H2,1-2H3. The lowest BCUT2D eigenvalue weighted by atomic mass is 10.3. The van der Waals surface area contributed by atoms with Crippen LogP contribution < -0.4 is 5.73 Å². The third kappa shape index (κ3) is 1.81. The Bertz CT molecular complexity index is 712. The van der Waals surface area contributed by atoms with Crippen molar-refractivity contribution in [1.82, 2.24) is 19.7 Å². The van der Waals surface area contributed by atoms with E-state index in [1.807, 2.05) is 19.9 Å². The molecule has 2 aromatic heterocycles. The largest absolute Gasteiger partial charge is 0.439 e. The van der Waals surface area contributed by atoms with Gasteiger partial charge in [-0.15, -0.1) is 0 Å². The lowest BCUT2D eigenvalue weighted by Gasteiger charge is -1.97. The summed E-state index contributed by atoms with van der Waals surface area (Å²) in [5.41, 5.74) is 7.87. The van der Waals surface area contributed by atoms with E-state index in [-0.39, 0.29) is 0 Å². The Labute approximate surface area is 103 Å². The fraction of sp³-hybridized carbons (Fsp3) is 0.250. The molecule has 3 aromatic rings. The summed E-state index contributed by atoms with van der Waals surface area (Å²) in [4.78, 5) is 8.62. The SMILES string of the molecule is Cc1nc(C)n(Cc2nc3cc(N)ccc3o2)n1. The van der Waals surface area contributed by atoms with Crippen molar-refractivity contribution >= 4 is 16.8 Å². The highest BCUT2D eigenvalue weighted by molar-refractivity contribution is 5.76. The molecule has 6 nitrogen and oxygen atoms in total. The maximum absolute atomic E-state index is 5.70. The molecule has 0 saturated heterocycles. The number of hydrogen-bond donors (Lipinski definition) is 1. The van der Waals surface area contributed by atoms with Gasteiger partial charge in [-0.3, -0.25) is 0 Å². The molecule has 18 heavy (non-hydrogen) atoms. The second-order valence-corrected chi connectivity index (χ2v) is 4.20. The van der Waals surface area contributed by atoms with Gasteiger partial charge < -0.3 is 10.2 Å². The molecule has 2 N–H and O–H groups in total. The van der Waals surface area contributed by atoms with Crippen LogP contribution in [0.25, 0.3) is 11.1 Å². The van der Waals surface area contributed by atoms with Crippen LogP contribution in [0, 0.1) is 13.8 Å². The number of benzene rings is 1. The second-order valence-electron chi connectivity index (χ2n) is 4.20. The van der Waals surface area contributed by atoms with Gasteiger partial charge in [-0.2, -0.15) is 5.10 Å². The maximum Gasteiger partial charge on any atom is 0.217 e. The zero-order valence-corrected chi connectivity index (χ0v) is 10.2. The van der Waals surface area contributed by atoms with Crippen molar-refractivity contribution in [2.24, 2.45) is 0 Å². The van der Waals surface area contributed by atoms with Gasteiger partial charge in [-0.1, -0.05) is 0 Å². The zero-order valence-electron chi connectivity index (χ0n) is 10.2. The van der Waals surface area contributed by atoms with Crippen LogP contribution in [-0.4, -0.2) is 19.7 Å². The van der Waals surface area contributed by atoms with Crippen LogP contribution in [0.3, 0.4) is 0 Å². The van der Waals surface area contributed by atoms with Crippen molar-refractivity contribution in [2.45, 2.75) is 20.4 Å². The molecule has 0 fully saturated rings. The van der Waals surface area contributed by atoms with E-state index in [1.165, 1.54) is 0 Å². The summed E-state index contributed by atoms with van der Waals surface area (Å²) in [6.07, 6.45) is 0. The van der Waals surface area contributed by atoms with Crippen molar-refractivity contribution in [1.29, 1.82) is 0 Å². The van der Waals surface area contributed by atoms with Crippen LogP contribution in [0.15, 0.2) is 22.6 Å². The minimum absolute atomic E-state index is 0.473. The van der Waals surface area contributed by atoms with Crippen LogP contribution in [-0.2, 0) is 6.54 Å². The van der Waals surface area contributed by atoms with E-state index in [0.717, 1.165) is 22.7 Å². The van der Waals surface area contributed by atoms with E-state index in [9.17, 15) is 0 Å². The molecule has 2 heterocycles. The highest BCUT2D eigenvalue weighted by Gasteiger charge is 2.09. The molecule has 0 radical (unpaired) electrons. The molecule has 0 aliphatic heterocycles. The lowest BCUT2D eigenvalue weighted by Crippen LogP contribution is -2.04. The van der Waals surface area contributed by atoms with Gasteiger partial charge in [0.1, 0.15) is 23.7 Å². The monoisotopic (exact) mass is 243 g/mol. The van der Waals surface area contributed by atoms with E-state index in [1.54, 1.807) is 16.8 Å². The van der Waals surface area contributed by atoms with Gasteiger partial charge in [-0.25, -0.2) is 14.6 Å². The highest BCUT2D eigenvalue weighted by atomic mass is 16.3. The average Bonchev–Trinajstić information content (AvgIpc) is 2.82. The molecule has 0 aliphatic carbocycles. The first-order valence-corrected chi connectivity index (χ1v) is 5.65. The number of rotatable bonds is 2. The van der Waals surface area contributed by atoms with Gasteiger partial charge in [-0.05, 0) is 32.0 Å². The van der Waals surface area contributed by atoms with Crippen molar-refractivity contribution in [3.8, 4) is 0 Å². The molecule has 0 aliphatic rings. The third-order valence-electron chi connectivity index (χ3n) is 2.70. The number of nitrogen functional groups attached to an aromatic ring is 1. The maximum atomic E-state index is 5.70. The van der Waals surface area contributed by atoms with Gasteiger partial charge in [0.05, 0.1) is 0 Å². The van der Waals surface area contributed by atoms with Gasteiger partial charge in [0.2, 0.25) is 5.89 Å². The average molecular weight is 243 g/mol. The van der Waals surface area contributed by atoms with E-state index in [0.29, 0.717) is 18.1 Å². The number of nitrogens with two attached hydrogens (primary N) is 1. The van der Waals surface area contributed by atoms with Gasteiger partial charge in [0.25, 0.3) is 0 Å². The molecule has 6 heteroatoms. The zero-order chi connectivity index (χ0) is 12.7. The van der Waals surface area contributed by atoms with E-state index < -0.39 is 0 Å². The quantitative estimate of drug-likeness (QED) is 0.692. The Kier molecular flexibility index (Phi) is 2.29. The second kappa shape index (κ2) is 3.83. The fourth-order valence-corrected chi connectivity index (χ4v) is 1.90. The molecule has 92 valence electrons. The van der Waals surface area contributed by atoms with Crippen LogP contribution in [0.5, 0.6) is 0 Å². The van der Waals surface area contributed by atoms with Crippen molar-refractivity contribution < 1.29 is 4.42 Å². The summed E-state index contributed by atoms with van der Waals surface area (Å²) in [6, 6.07) is 5.41. The number of oxazole rings is 1. The first-order valence-electron chi connectivity index (χ1n) is 5.65. The fourth-order valence-electron chi connectivity index (χ4n) is 1.90. The van der Waals surface area contributed by atoms with E-state index in [4.69, 9.17) is 10.2 Å². The molecular formula is C12H13N5O. The highest BCUT2D eigenvalue weighted by Crippen LogP contribution is 2.18. The Morgan fingerprint density at radius 2 is 2.11 bits per heavy atom. The number of aromatic nitrogens is 4. The smallest absolute Gasteiger partial charge is 0.217 e. The Hall–Kier alpha value is -2.37. The van der Waals surface area contributed by atoms with Crippen LogP contribution in [0.2, 0.25) is 0 Å². The van der Waals surface area contributed by atoms with Crippen LogP contribution in [0.4, 0.5) is 5.69 Å². The summed E-state index contributed by atoms with van der Waals surface area (Å²) in [5.74, 6) is 2.19. The van der Waals surface area contributed by atoms with Crippen molar-refractivity contribution in [3.05, 3.63) is 35.7 Å². The van der Waals surface area contributed by atoms with E-state index >= 15 is 0 Å². The number of nitrogens with zero attached hydrogens (tertiary/aromatic N) is 4. The van der Waals surface area contributed by atoms with Gasteiger partial charge in [0, 0.05) is 5.69 Å². The van der Waals surface area contributed by atoms with Gasteiger partial charge in [0.15, 0.2) is 5.58 Å². The molecule has 1 aromatic carbocycles. The molecule has 0 unspecified atom stereocenters. The molecule has 0 bridgehead atoms. The Balaban J connectivity index is 1.97. The Morgan fingerprint density at radius 1 is 1.28 bits per heavy atom. The number of aryl methyl sites for hydroxylation is 2. The third-order valence-corrected chi connectivity index (χ3v) is 2.70. The minimum atomic E-state index is 0.473. The molecule has 0 saturated carbocycles. The van der Waals surface area contributed by atoms with Crippen molar-refractivity contribution in [3.63, 3.8) is 0 Å². The number of anilines is 1. The van der Waals surface area contributed by atoms with Crippen molar-refractivity contribution in [2.75, 3.05) is 5.73 Å². The summed E-state index contributed by atoms with van der Waals surface area (Å²) in [5, 5.41) is 4.27. The lowest BCUT2D eigenvalue weighted by molar-refractivity contribution is 0.485. The van der Waals surface area contributed by atoms with Crippen LogP contribution >= 0.6 is 0 Å². The molecule has 0 amide bonds. The van der Waals surface area contributed by atoms with E-state index in [2.05, 4.69) is 15.1 Å². The number of hydrogen-bond acceptors (Lipinski definition) is 5. The molecule has 0 atom stereocenters. The summed E-state index contributed by atoms with van der Waals surface area (Å²) in [6.45, 7) is 4.23. The molecule has 3 rings (SSSR count). The predicted molar refractivity (Wildman–Crippen MR) is 67.0 cm³/mol. The minimum Gasteiger partial charge on any atom is -0.439 e. The summed E-state index contributed by atoms with van der Waals surface area (Å²) >= 11 is 0. The number of fused-ring (bicyclic) bond motifs is 1. The summed E-state index contributed by atoms with van der Waals surface area (Å²) in [7, 11) is 0. The molecule has 0 spiro atoms. The topological polar surface area (TPSA) is 82.8 Å². The normalized spacial score (nSPS) is 11.2. The van der Waals surface area contributed by atoms with Crippen LogP contribution in [0.1, 0.15) is 17.5 Å². The Morgan fingerprint density at radius 3 is 2.83 bits per heavy atom. The predicted octanol–water partition coefficient (Wildman–Crippen LogP) is 1.67. The molecular weight excluding hydrogens is 230 g/mol.